The average Bonchev–Trinajstić information content (AvgIpc) is 2.71. The van der Waals surface area contributed by atoms with Crippen molar-refractivity contribution >= 4 is 5.97 Å². The third kappa shape index (κ3) is 3.84. The van der Waals surface area contributed by atoms with Gasteiger partial charge in [0.05, 0.1) is 5.41 Å². The molecule has 0 saturated heterocycles. The van der Waals surface area contributed by atoms with Gasteiger partial charge in [0.1, 0.15) is 0 Å². The zero-order chi connectivity index (χ0) is 20.2. The molecule has 1 N–H and O–H groups in total. The maximum atomic E-state index is 14.2. The fourth-order valence-electron chi connectivity index (χ4n) is 6.03. The number of hydrogen-bond donors (Lipinski definition) is 1. The van der Waals surface area contributed by atoms with Crippen molar-refractivity contribution < 1.29 is 18.7 Å². The van der Waals surface area contributed by atoms with Crippen molar-refractivity contribution in [2.75, 3.05) is 0 Å². The van der Waals surface area contributed by atoms with Gasteiger partial charge in [-0.3, -0.25) is 4.79 Å². The van der Waals surface area contributed by atoms with Crippen LogP contribution in [0.4, 0.5) is 8.78 Å². The van der Waals surface area contributed by atoms with Crippen LogP contribution in [0.15, 0.2) is 18.2 Å². The minimum atomic E-state index is -0.863. The topological polar surface area (TPSA) is 37.3 Å². The molecule has 0 heterocycles. The number of benzene rings is 1. The number of carbonyl (C=O) groups is 1. The molecule has 0 aliphatic heterocycles. The third-order valence-corrected chi connectivity index (χ3v) is 7.68. The van der Waals surface area contributed by atoms with Gasteiger partial charge in [0.15, 0.2) is 11.6 Å². The van der Waals surface area contributed by atoms with Crippen molar-refractivity contribution in [2.45, 2.75) is 95.8 Å². The highest BCUT2D eigenvalue weighted by Crippen LogP contribution is 2.59. The second kappa shape index (κ2) is 8.92. The number of carboxylic acid groups (broad SMARTS) is 1. The molecule has 4 heteroatoms. The molecule has 2 aliphatic carbocycles. The zero-order valence-electron chi connectivity index (χ0n) is 17.1. The summed E-state index contributed by atoms with van der Waals surface area (Å²) < 4.78 is 27.8. The van der Waals surface area contributed by atoms with E-state index in [1.54, 1.807) is 6.07 Å². The van der Waals surface area contributed by atoms with Gasteiger partial charge >= 0.3 is 5.97 Å². The van der Waals surface area contributed by atoms with Crippen LogP contribution in [0.5, 0.6) is 0 Å². The largest absolute Gasteiger partial charge is 0.481 e. The first kappa shape index (κ1) is 21.3. The Balaban J connectivity index is 1.95. The summed E-state index contributed by atoms with van der Waals surface area (Å²) in [6, 6.07) is 4.11. The van der Waals surface area contributed by atoms with Crippen LogP contribution in [0.2, 0.25) is 0 Å². The van der Waals surface area contributed by atoms with Crippen LogP contribution in [-0.2, 0) is 10.2 Å². The van der Waals surface area contributed by atoms with Gasteiger partial charge in [-0.05, 0) is 62.1 Å². The Morgan fingerprint density at radius 3 is 2.29 bits per heavy atom. The predicted molar refractivity (Wildman–Crippen MR) is 107 cm³/mol. The Kier molecular flexibility index (Phi) is 6.77. The molecule has 1 aromatic carbocycles. The van der Waals surface area contributed by atoms with E-state index < -0.39 is 28.4 Å². The van der Waals surface area contributed by atoms with E-state index in [0.29, 0.717) is 24.3 Å². The van der Waals surface area contributed by atoms with E-state index in [9.17, 15) is 18.7 Å². The fourth-order valence-corrected chi connectivity index (χ4v) is 6.03. The number of aliphatic carboxylic acids is 1. The van der Waals surface area contributed by atoms with Gasteiger partial charge in [-0.25, -0.2) is 8.78 Å². The molecular formula is C24H34F2O2. The van der Waals surface area contributed by atoms with Crippen molar-refractivity contribution in [3.63, 3.8) is 0 Å². The Morgan fingerprint density at radius 2 is 1.71 bits per heavy atom. The molecule has 2 fully saturated rings. The molecule has 1 aromatic rings. The van der Waals surface area contributed by atoms with Gasteiger partial charge in [0, 0.05) is 5.41 Å². The molecule has 0 amide bonds. The van der Waals surface area contributed by atoms with E-state index in [2.05, 4.69) is 6.92 Å². The maximum absolute atomic E-state index is 14.2. The summed E-state index contributed by atoms with van der Waals surface area (Å²) in [5, 5.41) is 10.4. The summed E-state index contributed by atoms with van der Waals surface area (Å²) in [7, 11) is 0. The lowest BCUT2D eigenvalue weighted by Gasteiger charge is -2.53. The Bertz CT molecular complexity index is 671. The molecule has 2 nitrogen and oxygen atoms in total. The first-order chi connectivity index (χ1) is 13.4. The summed E-state index contributed by atoms with van der Waals surface area (Å²) in [6.07, 6.45) is 12.5. The fraction of sp³-hybridized carbons (Fsp3) is 0.708. The van der Waals surface area contributed by atoms with Crippen LogP contribution in [-0.4, -0.2) is 11.1 Å². The lowest BCUT2D eigenvalue weighted by Crippen LogP contribution is -2.54. The van der Waals surface area contributed by atoms with Gasteiger partial charge in [0.25, 0.3) is 0 Å². The Morgan fingerprint density at radius 1 is 1.04 bits per heavy atom. The highest BCUT2D eigenvalue weighted by atomic mass is 19.2. The zero-order valence-corrected chi connectivity index (χ0v) is 17.1. The molecule has 2 aliphatic rings. The van der Waals surface area contributed by atoms with Crippen LogP contribution in [0.25, 0.3) is 0 Å². The van der Waals surface area contributed by atoms with Gasteiger partial charge in [-0.1, -0.05) is 57.9 Å². The summed E-state index contributed by atoms with van der Waals surface area (Å²) >= 11 is 0. The molecule has 0 aromatic heterocycles. The van der Waals surface area contributed by atoms with Crippen molar-refractivity contribution in [2.24, 2.45) is 11.3 Å². The van der Waals surface area contributed by atoms with E-state index >= 15 is 0 Å². The molecule has 2 saturated carbocycles. The Labute approximate surface area is 167 Å². The number of carboxylic acids is 1. The summed E-state index contributed by atoms with van der Waals surface area (Å²) in [4.78, 5) is 12.6. The first-order valence-corrected chi connectivity index (χ1v) is 11.1. The minimum absolute atomic E-state index is 0.588. The molecule has 0 unspecified atom stereocenters. The lowest BCUT2D eigenvalue weighted by molar-refractivity contribution is -0.159. The molecule has 28 heavy (non-hydrogen) atoms. The van der Waals surface area contributed by atoms with E-state index in [4.69, 9.17) is 0 Å². The normalized spacial score (nSPS) is 27.5. The standard InChI is InChI=1S/C24H34F2O2/c1-2-3-5-8-18-11-15-23(16-12-18,19-9-10-20(25)21(26)17-19)24(22(27)28)13-6-4-7-14-24/h9-10,17-18H,2-8,11-16H2,1H3,(H,27,28). The predicted octanol–water partition coefficient (Wildman–Crippen LogP) is 7.01. The van der Waals surface area contributed by atoms with E-state index in [-0.39, 0.29) is 0 Å². The van der Waals surface area contributed by atoms with Crippen LogP contribution >= 0.6 is 0 Å². The van der Waals surface area contributed by atoms with Crippen LogP contribution in [0.1, 0.15) is 96.0 Å². The summed E-state index contributed by atoms with van der Waals surface area (Å²) in [6.45, 7) is 2.20. The van der Waals surface area contributed by atoms with Gasteiger partial charge in [-0.15, -0.1) is 0 Å². The molecule has 3 rings (SSSR count). The second-order valence-corrected chi connectivity index (χ2v) is 9.10. The number of rotatable bonds is 7. The van der Waals surface area contributed by atoms with Crippen molar-refractivity contribution in [1.82, 2.24) is 0 Å². The van der Waals surface area contributed by atoms with Crippen LogP contribution in [0, 0.1) is 23.0 Å². The monoisotopic (exact) mass is 392 g/mol. The Hall–Kier alpha value is -1.45. The van der Waals surface area contributed by atoms with E-state index in [0.717, 1.165) is 44.9 Å². The molecule has 0 bridgehead atoms. The number of unbranched alkanes of at least 4 members (excludes halogenated alkanes) is 2. The van der Waals surface area contributed by atoms with Gasteiger partial charge < -0.3 is 5.11 Å². The molecular weight excluding hydrogens is 358 g/mol. The SMILES string of the molecule is CCCCCC1CCC(c2ccc(F)c(F)c2)(C2(C(=O)O)CCCCC2)CC1. The lowest BCUT2D eigenvalue weighted by atomic mass is 9.49. The maximum Gasteiger partial charge on any atom is 0.310 e. The molecule has 0 spiro atoms. The smallest absolute Gasteiger partial charge is 0.310 e. The molecule has 156 valence electrons. The van der Waals surface area contributed by atoms with E-state index in [1.807, 2.05) is 0 Å². The molecule has 0 radical (unpaired) electrons. The summed E-state index contributed by atoms with van der Waals surface area (Å²) in [5.41, 5.74) is -0.749. The minimum Gasteiger partial charge on any atom is -0.481 e. The quantitative estimate of drug-likeness (QED) is 0.507. The summed E-state index contributed by atoms with van der Waals surface area (Å²) in [5.74, 6) is -1.85. The van der Waals surface area contributed by atoms with Crippen molar-refractivity contribution in [3.05, 3.63) is 35.4 Å². The second-order valence-electron chi connectivity index (χ2n) is 9.10. The highest BCUT2D eigenvalue weighted by molar-refractivity contribution is 5.77. The first-order valence-electron chi connectivity index (χ1n) is 11.1. The van der Waals surface area contributed by atoms with Gasteiger partial charge in [0.2, 0.25) is 0 Å². The number of hydrogen-bond acceptors (Lipinski definition) is 1. The third-order valence-electron chi connectivity index (χ3n) is 7.68. The molecule has 0 atom stereocenters. The highest BCUT2D eigenvalue weighted by Gasteiger charge is 2.58. The van der Waals surface area contributed by atoms with E-state index in [1.165, 1.54) is 37.8 Å². The van der Waals surface area contributed by atoms with Crippen LogP contribution in [0.3, 0.4) is 0 Å². The van der Waals surface area contributed by atoms with Crippen LogP contribution < -0.4 is 0 Å². The average molecular weight is 393 g/mol. The van der Waals surface area contributed by atoms with Crippen molar-refractivity contribution in [1.29, 1.82) is 0 Å². The number of halogens is 2. The van der Waals surface area contributed by atoms with Gasteiger partial charge in [-0.2, -0.15) is 0 Å². The van der Waals surface area contributed by atoms with Crippen molar-refractivity contribution in [3.8, 4) is 0 Å².